The van der Waals surface area contributed by atoms with Crippen LogP contribution < -0.4 is 20.1 Å². The molecule has 0 unspecified atom stereocenters. The quantitative estimate of drug-likeness (QED) is 0.522. The first kappa shape index (κ1) is 13.9. The molecular weight excluding hydrogens is 236 g/mol. The van der Waals surface area contributed by atoms with Crippen LogP contribution in [0.15, 0.2) is 0 Å². The highest BCUT2D eigenvalue weighted by molar-refractivity contribution is 5.77. The predicted octanol–water partition coefficient (Wildman–Crippen LogP) is 0.0412. The van der Waals surface area contributed by atoms with E-state index in [9.17, 15) is 0 Å². The summed E-state index contributed by atoms with van der Waals surface area (Å²) in [6, 6.07) is 0.385. The second kappa shape index (κ2) is 6.58. The van der Waals surface area contributed by atoms with Gasteiger partial charge in [-0.05, 0) is 6.92 Å². The summed E-state index contributed by atoms with van der Waals surface area (Å²) in [5.41, 5.74) is 5.34. The monoisotopic (exact) mass is 254 g/mol. The van der Waals surface area contributed by atoms with E-state index in [4.69, 9.17) is 20.6 Å². The molecule has 0 amide bonds. The van der Waals surface area contributed by atoms with Crippen molar-refractivity contribution in [1.82, 2.24) is 15.0 Å². The molecule has 1 heterocycles. The third kappa shape index (κ3) is 3.72. The molecule has 100 valence electrons. The Morgan fingerprint density at radius 1 is 1.22 bits per heavy atom. The van der Waals surface area contributed by atoms with E-state index in [-0.39, 0.29) is 17.9 Å². The van der Waals surface area contributed by atoms with Crippen molar-refractivity contribution in [2.24, 2.45) is 5.73 Å². The maximum atomic E-state index is 7.23. The Hall–Kier alpha value is -2.12. The molecule has 0 spiro atoms. The molecule has 0 bridgehead atoms. The Bertz CT molecular complexity index is 389. The van der Waals surface area contributed by atoms with Crippen molar-refractivity contribution in [1.29, 1.82) is 5.41 Å². The van der Waals surface area contributed by atoms with Crippen molar-refractivity contribution in [3.8, 4) is 12.0 Å². The molecule has 0 fully saturated rings. The zero-order chi connectivity index (χ0) is 13.5. The van der Waals surface area contributed by atoms with Gasteiger partial charge in [0.2, 0.25) is 5.95 Å². The summed E-state index contributed by atoms with van der Waals surface area (Å²) in [5.74, 6) is 0.573. The van der Waals surface area contributed by atoms with Gasteiger partial charge in [-0.2, -0.15) is 9.97 Å². The van der Waals surface area contributed by atoms with Gasteiger partial charge < -0.3 is 20.1 Å². The summed E-state index contributed by atoms with van der Waals surface area (Å²) >= 11 is 0. The van der Waals surface area contributed by atoms with Gasteiger partial charge in [0, 0.05) is 19.5 Å². The lowest BCUT2D eigenvalue weighted by Crippen LogP contribution is -2.29. The first-order valence-corrected chi connectivity index (χ1v) is 5.52. The third-order valence-corrected chi connectivity index (χ3v) is 2.26. The lowest BCUT2D eigenvalue weighted by Gasteiger charge is -2.20. The first-order valence-electron chi connectivity index (χ1n) is 5.52. The Labute approximate surface area is 106 Å². The zero-order valence-electron chi connectivity index (χ0n) is 10.8. The lowest BCUT2D eigenvalue weighted by atomic mass is 10.3. The number of anilines is 1. The van der Waals surface area contributed by atoms with Gasteiger partial charge in [-0.25, -0.2) is 0 Å². The minimum absolute atomic E-state index is 0.126. The molecule has 0 aliphatic carbocycles. The van der Waals surface area contributed by atoms with E-state index in [1.54, 1.807) is 0 Å². The number of nitrogens with one attached hydrogen (secondary N) is 1. The topological polar surface area (TPSA) is 110 Å². The maximum absolute atomic E-state index is 7.23. The van der Waals surface area contributed by atoms with Gasteiger partial charge in [0.15, 0.2) is 0 Å². The number of rotatable bonds is 7. The molecular formula is C10H18N6O2. The number of hydrogen-bond donors (Lipinski definition) is 2. The molecule has 1 rings (SSSR count). The van der Waals surface area contributed by atoms with E-state index >= 15 is 0 Å². The highest BCUT2D eigenvalue weighted by Gasteiger charge is 2.13. The molecule has 0 atom stereocenters. The highest BCUT2D eigenvalue weighted by atomic mass is 16.5. The van der Waals surface area contributed by atoms with Crippen molar-refractivity contribution >= 4 is 11.8 Å². The number of hydrogen-bond acceptors (Lipinski definition) is 7. The molecule has 1 aromatic rings. The molecule has 8 nitrogen and oxygen atoms in total. The molecule has 0 radical (unpaired) electrons. The molecule has 0 aliphatic rings. The molecule has 3 N–H and O–H groups in total. The van der Waals surface area contributed by atoms with Crippen LogP contribution >= 0.6 is 0 Å². The fourth-order valence-corrected chi connectivity index (χ4v) is 1.31. The van der Waals surface area contributed by atoms with Crippen LogP contribution in [-0.2, 0) is 0 Å². The number of amidine groups is 1. The van der Waals surface area contributed by atoms with Crippen molar-refractivity contribution < 1.29 is 9.47 Å². The molecule has 0 aliphatic heterocycles. The van der Waals surface area contributed by atoms with Crippen LogP contribution in [0.1, 0.15) is 13.3 Å². The second-order valence-electron chi connectivity index (χ2n) is 3.46. The number of aromatic nitrogens is 3. The van der Waals surface area contributed by atoms with E-state index in [1.165, 1.54) is 14.2 Å². The third-order valence-electron chi connectivity index (χ3n) is 2.26. The van der Waals surface area contributed by atoms with Gasteiger partial charge in [-0.3, -0.25) is 5.41 Å². The molecule has 0 saturated carbocycles. The van der Waals surface area contributed by atoms with Gasteiger partial charge in [0.25, 0.3) is 0 Å². The molecule has 0 saturated heterocycles. The van der Waals surface area contributed by atoms with Gasteiger partial charge in [0.05, 0.1) is 20.1 Å². The maximum Gasteiger partial charge on any atom is 0.324 e. The summed E-state index contributed by atoms with van der Waals surface area (Å²) in [5, 5.41) is 7.23. The predicted molar refractivity (Wildman–Crippen MR) is 67.3 cm³/mol. The van der Waals surface area contributed by atoms with Gasteiger partial charge in [-0.15, -0.1) is 4.98 Å². The number of nitrogens with zero attached hydrogens (tertiary/aromatic N) is 4. The largest absolute Gasteiger partial charge is 0.467 e. The van der Waals surface area contributed by atoms with Crippen LogP contribution in [0.3, 0.4) is 0 Å². The van der Waals surface area contributed by atoms with Gasteiger partial charge in [-0.1, -0.05) is 0 Å². The summed E-state index contributed by atoms with van der Waals surface area (Å²) in [6.07, 6.45) is 0.449. The first-order chi connectivity index (χ1) is 8.60. The molecule has 1 aromatic heterocycles. The summed E-state index contributed by atoms with van der Waals surface area (Å²) in [6.45, 7) is 3.20. The van der Waals surface area contributed by atoms with Crippen LogP contribution in [0.4, 0.5) is 5.95 Å². The smallest absolute Gasteiger partial charge is 0.324 e. The van der Waals surface area contributed by atoms with Gasteiger partial charge >= 0.3 is 12.0 Å². The van der Waals surface area contributed by atoms with E-state index < -0.39 is 0 Å². The van der Waals surface area contributed by atoms with E-state index in [0.29, 0.717) is 25.5 Å². The van der Waals surface area contributed by atoms with Crippen LogP contribution in [0.25, 0.3) is 0 Å². The van der Waals surface area contributed by atoms with Crippen LogP contribution in [0.2, 0.25) is 0 Å². The number of ether oxygens (including phenoxy) is 2. The fraction of sp³-hybridized carbons (Fsp3) is 0.600. The summed E-state index contributed by atoms with van der Waals surface area (Å²) in [7, 11) is 2.95. The van der Waals surface area contributed by atoms with Crippen LogP contribution in [0.5, 0.6) is 12.0 Å². The minimum Gasteiger partial charge on any atom is -0.467 e. The summed E-state index contributed by atoms with van der Waals surface area (Å²) in [4.78, 5) is 14.1. The number of nitrogens with two attached hydrogens (primary N) is 1. The fourth-order valence-electron chi connectivity index (χ4n) is 1.31. The van der Waals surface area contributed by atoms with Crippen molar-refractivity contribution in [2.45, 2.75) is 13.3 Å². The van der Waals surface area contributed by atoms with E-state index in [0.717, 1.165) is 0 Å². The Balaban J connectivity index is 2.93. The Kier molecular flexibility index (Phi) is 5.09. The van der Waals surface area contributed by atoms with Crippen molar-refractivity contribution in [3.05, 3.63) is 0 Å². The highest BCUT2D eigenvalue weighted by Crippen LogP contribution is 2.15. The second-order valence-corrected chi connectivity index (χ2v) is 3.46. The normalized spacial score (nSPS) is 9.94. The average molecular weight is 254 g/mol. The standard InChI is InChI=1S/C10H18N6O2/c1-4-16(6-5-7(11)12)8-13-9(17-2)15-10(14-8)18-3/h4-6H2,1-3H3,(H3,11,12). The molecule has 0 aromatic carbocycles. The summed E-state index contributed by atoms with van der Waals surface area (Å²) < 4.78 is 9.96. The molecule has 18 heavy (non-hydrogen) atoms. The van der Waals surface area contributed by atoms with E-state index in [1.807, 2.05) is 11.8 Å². The SMILES string of the molecule is CCN(CCC(=N)N)c1nc(OC)nc(OC)n1. The Morgan fingerprint density at radius 2 is 1.78 bits per heavy atom. The van der Waals surface area contributed by atoms with Crippen molar-refractivity contribution in [3.63, 3.8) is 0 Å². The lowest BCUT2D eigenvalue weighted by molar-refractivity contribution is 0.340. The Morgan fingerprint density at radius 3 is 2.17 bits per heavy atom. The van der Waals surface area contributed by atoms with E-state index in [2.05, 4.69) is 15.0 Å². The average Bonchev–Trinajstić information content (AvgIpc) is 2.38. The molecule has 8 heteroatoms. The van der Waals surface area contributed by atoms with Gasteiger partial charge in [0.1, 0.15) is 0 Å². The minimum atomic E-state index is 0.126. The van der Waals surface area contributed by atoms with Crippen molar-refractivity contribution in [2.75, 3.05) is 32.2 Å². The zero-order valence-corrected chi connectivity index (χ0v) is 10.8. The van der Waals surface area contributed by atoms with Crippen LogP contribution in [0, 0.1) is 5.41 Å². The van der Waals surface area contributed by atoms with Crippen LogP contribution in [-0.4, -0.2) is 48.1 Å². The number of methoxy groups -OCH3 is 2.